The zero-order valence-corrected chi connectivity index (χ0v) is 13.2. The van der Waals surface area contributed by atoms with Crippen LogP contribution in [0.5, 0.6) is 11.5 Å². The van der Waals surface area contributed by atoms with Gasteiger partial charge in [-0.25, -0.2) is 0 Å². The quantitative estimate of drug-likeness (QED) is 0.813. The van der Waals surface area contributed by atoms with Gasteiger partial charge in [-0.1, -0.05) is 12.1 Å². The number of methoxy groups -OCH3 is 2. The number of amides is 1. The van der Waals surface area contributed by atoms with Gasteiger partial charge in [-0.15, -0.1) is 0 Å². The molecule has 0 aliphatic carbocycles. The van der Waals surface area contributed by atoms with Crippen LogP contribution in [0.1, 0.15) is 5.56 Å². The number of carboxylic acid groups (broad SMARTS) is 1. The first-order chi connectivity index (χ1) is 11.0. The van der Waals surface area contributed by atoms with Crippen LogP contribution >= 0.6 is 0 Å². The maximum atomic E-state index is 11.9. The second kappa shape index (κ2) is 5.73. The average Bonchev–Trinajstić information content (AvgIpc) is 3.05. The molecule has 2 saturated heterocycles. The lowest BCUT2D eigenvalue weighted by Crippen LogP contribution is -2.40. The molecule has 7 heteroatoms. The Bertz CT molecular complexity index is 647. The Morgan fingerprint density at radius 3 is 2.83 bits per heavy atom. The molecular formula is C16H20N2O5. The smallest absolute Gasteiger partial charge is 0.313 e. The van der Waals surface area contributed by atoms with E-state index in [1.165, 1.54) is 0 Å². The van der Waals surface area contributed by atoms with Crippen molar-refractivity contribution in [2.24, 2.45) is 11.3 Å². The van der Waals surface area contributed by atoms with E-state index >= 15 is 0 Å². The molecule has 1 amide bonds. The third-order valence-electron chi connectivity index (χ3n) is 4.81. The molecule has 2 aliphatic heterocycles. The number of carboxylic acids is 1. The van der Waals surface area contributed by atoms with Crippen LogP contribution in [0.2, 0.25) is 0 Å². The summed E-state index contributed by atoms with van der Waals surface area (Å²) in [6.07, 6.45) is 0. The number of carbonyl (C=O) groups excluding carboxylic acids is 1. The maximum absolute atomic E-state index is 11.9. The second-order valence-corrected chi connectivity index (χ2v) is 6.05. The van der Waals surface area contributed by atoms with Crippen molar-refractivity contribution in [3.8, 4) is 11.5 Å². The Labute approximate surface area is 134 Å². The SMILES string of the molecule is COc1cccc(CN2C[C@H]3C(=O)NC[C@@]3(C(=O)O)C2)c1OC. The number of likely N-dealkylation sites (tertiary alicyclic amines) is 1. The van der Waals surface area contributed by atoms with Gasteiger partial charge in [0.15, 0.2) is 11.5 Å². The molecule has 1 aromatic carbocycles. The molecule has 7 nitrogen and oxygen atoms in total. The summed E-state index contributed by atoms with van der Waals surface area (Å²) in [5.41, 5.74) is -0.115. The van der Waals surface area contributed by atoms with Crippen molar-refractivity contribution in [1.82, 2.24) is 10.2 Å². The van der Waals surface area contributed by atoms with Crippen LogP contribution in [-0.2, 0) is 16.1 Å². The van der Waals surface area contributed by atoms with E-state index in [1.807, 2.05) is 23.1 Å². The summed E-state index contributed by atoms with van der Waals surface area (Å²) < 4.78 is 10.7. The molecule has 0 spiro atoms. The molecule has 2 N–H and O–H groups in total. The fraction of sp³-hybridized carbons (Fsp3) is 0.500. The molecular weight excluding hydrogens is 300 g/mol. The molecule has 2 heterocycles. The van der Waals surface area contributed by atoms with Crippen LogP contribution in [0.25, 0.3) is 0 Å². The average molecular weight is 320 g/mol. The summed E-state index contributed by atoms with van der Waals surface area (Å²) >= 11 is 0. The highest BCUT2D eigenvalue weighted by atomic mass is 16.5. The third kappa shape index (κ3) is 2.41. The van der Waals surface area contributed by atoms with Gasteiger partial charge in [0.25, 0.3) is 0 Å². The molecule has 3 rings (SSSR count). The molecule has 124 valence electrons. The van der Waals surface area contributed by atoms with Crippen molar-refractivity contribution in [2.75, 3.05) is 33.9 Å². The highest BCUT2D eigenvalue weighted by molar-refractivity contribution is 5.92. The zero-order valence-electron chi connectivity index (χ0n) is 13.2. The lowest BCUT2D eigenvalue weighted by atomic mass is 9.81. The zero-order chi connectivity index (χ0) is 16.6. The molecule has 0 unspecified atom stereocenters. The molecule has 1 aromatic rings. The number of benzene rings is 1. The van der Waals surface area contributed by atoms with E-state index < -0.39 is 17.3 Å². The van der Waals surface area contributed by atoms with Crippen molar-refractivity contribution in [2.45, 2.75) is 6.54 Å². The minimum atomic E-state index is -1.02. The number of fused-ring (bicyclic) bond motifs is 1. The van der Waals surface area contributed by atoms with Gasteiger partial charge in [0.1, 0.15) is 5.41 Å². The predicted molar refractivity (Wildman–Crippen MR) is 81.4 cm³/mol. The summed E-state index contributed by atoms with van der Waals surface area (Å²) in [5, 5.41) is 12.3. The van der Waals surface area contributed by atoms with Crippen LogP contribution in [-0.4, -0.2) is 55.7 Å². The lowest BCUT2D eigenvalue weighted by Gasteiger charge is -2.22. The summed E-state index contributed by atoms with van der Waals surface area (Å²) in [6.45, 7) is 1.47. The maximum Gasteiger partial charge on any atom is 0.313 e. The van der Waals surface area contributed by atoms with E-state index in [-0.39, 0.29) is 12.5 Å². The van der Waals surface area contributed by atoms with Gasteiger partial charge in [0.05, 0.1) is 20.1 Å². The summed E-state index contributed by atoms with van der Waals surface area (Å²) in [7, 11) is 3.15. The molecule has 2 fully saturated rings. The van der Waals surface area contributed by atoms with Crippen LogP contribution in [0, 0.1) is 11.3 Å². The first-order valence-electron chi connectivity index (χ1n) is 7.45. The second-order valence-electron chi connectivity index (χ2n) is 6.05. The number of aliphatic carboxylic acids is 1. The Balaban J connectivity index is 1.84. The van der Waals surface area contributed by atoms with Crippen LogP contribution in [0.4, 0.5) is 0 Å². The fourth-order valence-corrected chi connectivity index (χ4v) is 3.62. The largest absolute Gasteiger partial charge is 0.493 e. The molecule has 0 saturated carbocycles. The molecule has 0 bridgehead atoms. The highest BCUT2D eigenvalue weighted by Crippen LogP contribution is 2.41. The Morgan fingerprint density at radius 1 is 1.43 bits per heavy atom. The Hall–Kier alpha value is -2.28. The van der Waals surface area contributed by atoms with E-state index in [2.05, 4.69) is 5.32 Å². The molecule has 0 aromatic heterocycles. The van der Waals surface area contributed by atoms with Crippen molar-refractivity contribution in [1.29, 1.82) is 0 Å². The normalized spacial score (nSPS) is 26.7. The van der Waals surface area contributed by atoms with Gasteiger partial charge >= 0.3 is 5.97 Å². The first-order valence-corrected chi connectivity index (χ1v) is 7.45. The van der Waals surface area contributed by atoms with E-state index in [0.29, 0.717) is 31.1 Å². The minimum Gasteiger partial charge on any atom is -0.493 e. The van der Waals surface area contributed by atoms with Gasteiger partial charge < -0.3 is 19.9 Å². The van der Waals surface area contributed by atoms with Gasteiger partial charge in [-0.05, 0) is 6.07 Å². The number of carbonyl (C=O) groups is 2. The van der Waals surface area contributed by atoms with Crippen molar-refractivity contribution >= 4 is 11.9 Å². The number of nitrogens with one attached hydrogen (secondary N) is 1. The third-order valence-corrected chi connectivity index (χ3v) is 4.81. The number of ether oxygens (including phenoxy) is 2. The molecule has 2 atom stereocenters. The van der Waals surface area contributed by atoms with Crippen molar-refractivity contribution < 1.29 is 24.2 Å². The topological polar surface area (TPSA) is 88.1 Å². The molecule has 0 radical (unpaired) electrons. The minimum absolute atomic E-state index is 0.174. The van der Waals surface area contributed by atoms with E-state index in [0.717, 1.165) is 5.56 Å². The molecule has 23 heavy (non-hydrogen) atoms. The van der Waals surface area contributed by atoms with E-state index in [1.54, 1.807) is 14.2 Å². The van der Waals surface area contributed by atoms with E-state index in [4.69, 9.17) is 9.47 Å². The first kappa shape index (κ1) is 15.6. The van der Waals surface area contributed by atoms with Crippen LogP contribution in [0.3, 0.4) is 0 Å². The highest BCUT2D eigenvalue weighted by Gasteiger charge is 2.59. The predicted octanol–water partition coefficient (Wildman–Crippen LogP) is 0.336. The van der Waals surface area contributed by atoms with Crippen molar-refractivity contribution in [3.05, 3.63) is 23.8 Å². The van der Waals surface area contributed by atoms with Gasteiger partial charge in [-0.3, -0.25) is 14.5 Å². The Kier molecular flexibility index (Phi) is 3.89. The number of nitrogens with zero attached hydrogens (tertiary/aromatic N) is 1. The standard InChI is InChI=1S/C16H20N2O5/c1-22-12-5-3-4-10(13(12)23-2)6-18-7-11-14(19)17-8-16(11,9-18)15(20)21/h3-5,11H,6-9H2,1-2H3,(H,17,19)(H,20,21)/t11-,16+/m0/s1. The Morgan fingerprint density at radius 2 is 2.22 bits per heavy atom. The van der Waals surface area contributed by atoms with E-state index in [9.17, 15) is 14.7 Å². The van der Waals surface area contributed by atoms with Crippen LogP contribution < -0.4 is 14.8 Å². The number of hydrogen-bond donors (Lipinski definition) is 2. The lowest BCUT2D eigenvalue weighted by molar-refractivity contribution is -0.149. The number of hydrogen-bond acceptors (Lipinski definition) is 5. The van der Waals surface area contributed by atoms with Gasteiger partial charge in [-0.2, -0.15) is 0 Å². The number of para-hydroxylation sites is 1. The number of rotatable bonds is 5. The van der Waals surface area contributed by atoms with Crippen molar-refractivity contribution in [3.63, 3.8) is 0 Å². The summed E-state index contributed by atoms with van der Waals surface area (Å²) in [6, 6.07) is 5.60. The van der Waals surface area contributed by atoms with Gasteiger partial charge in [0.2, 0.25) is 5.91 Å². The fourth-order valence-electron chi connectivity index (χ4n) is 3.62. The van der Waals surface area contributed by atoms with Gasteiger partial charge in [0, 0.05) is 31.7 Å². The summed E-state index contributed by atoms with van der Waals surface area (Å²) in [5.74, 6) is -0.318. The summed E-state index contributed by atoms with van der Waals surface area (Å²) in [4.78, 5) is 25.6. The van der Waals surface area contributed by atoms with Crippen LogP contribution in [0.15, 0.2) is 18.2 Å². The monoisotopic (exact) mass is 320 g/mol. The molecule has 2 aliphatic rings.